The highest BCUT2D eigenvalue weighted by atomic mass is 16.6. The second-order valence-electron chi connectivity index (χ2n) is 4.54. The topological polar surface area (TPSA) is 63.8 Å². The quantitative estimate of drug-likeness (QED) is 0.842. The van der Waals surface area contributed by atoms with Gasteiger partial charge in [-0.15, -0.1) is 0 Å². The van der Waals surface area contributed by atoms with Gasteiger partial charge in [0.2, 0.25) is 0 Å². The number of anilines is 1. The zero-order valence-corrected chi connectivity index (χ0v) is 10.8. The summed E-state index contributed by atoms with van der Waals surface area (Å²) >= 11 is 0. The van der Waals surface area contributed by atoms with Crippen molar-refractivity contribution in [3.05, 3.63) is 41.8 Å². The molecule has 2 heterocycles. The van der Waals surface area contributed by atoms with Crippen LogP contribution in [0, 0.1) is 0 Å². The third kappa shape index (κ3) is 2.29. The van der Waals surface area contributed by atoms with E-state index >= 15 is 0 Å². The smallest absolute Gasteiger partial charge is 0.277 e. The van der Waals surface area contributed by atoms with E-state index in [4.69, 9.17) is 9.36 Å². The molecule has 6 heteroatoms. The van der Waals surface area contributed by atoms with Crippen LogP contribution in [-0.2, 0) is 4.84 Å². The van der Waals surface area contributed by atoms with Crippen LogP contribution >= 0.6 is 0 Å². The number of rotatable bonds is 3. The minimum Gasteiger partial charge on any atom is -0.387 e. The van der Waals surface area contributed by atoms with Gasteiger partial charge >= 0.3 is 0 Å². The van der Waals surface area contributed by atoms with Crippen molar-refractivity contribution in [3.63, 3.8) is 0 Å². The number of aromatic nitrogens is 2. The zero-order valence-electron chi connectivity index (χ0n) is 10.8. The standard InChI is InChI=1S/C13H14N4O2/c1-17(2)13-14-12(19-16-13)10-8-11(18-15-10)9-6-4-3-5-7-9/h3-7,11H,8H2,1-2H3/t11-/m1/s1. The van der Waals surface area contributed by atoms with E-state index in [1.54, 1.807) is 4.90 Å². The van der Waals surface area contributed by atoms with Crippen LogP contribution in [-0.4, -0.2) is 29.9 Å². The summed E-state index contributed by atoms with van der Waals surface area (Å²) in [5, 5.41) is 7.90. The number of nitrogens with zero attached hydrogens (tertiary/aromatic N) is 4. The van der Waals surface area contributed by atoms with Gasteiger partial charge in [-0.3, -0.25) is 0 Å². The molecule has 1 atom stereocenters. The summed E-state index contributed by atoms with van der Waals surface area (Å²) < 4.78 is 5.18. The van der Waals surface area contributed by atoms with Crippen molar-refractivity contribution in [3.8, 4) is 0 Å². The summed E-state index contributed by atoms with van der Waals surface area (Å²) in [6, 6.07) is 9.97. The largest absolute Gasteiger partial charge is 0.387 e. The van der Waals surface area contributed by atoms with E-state index < -0.39 is 0 Å². The van der Waals surface area contributed by atoms with Crippen LogP contribution < -0.4 is 4.90 Å². The first-order valence-corrected chi connectivity index (χ1v) is 6.03. The van der Waals surface area contributed by atoms with Crippen LogP contribution in [0.3, 0.4) is 0 Å². The maximum absolute atomic E-state index is 5.42. The van der Waals surface area contributed by atoms with Gasteiger partial charge in [0.15, 0.2) is 6.10 Å². The summed E-state index contributed by atoms with van der Waals surface area (Å²) in [7, 11) is 3.71. The summed E-state index contributed by atoms with van der Waals surface area (Å²) in [4.78, 5) is 11.5. The van der Waals surface area contributed by atoms with Crippen LogP contribution in [0.4, 0.5) is 5.95 Å². The van der Waals surface area contributed by atoms with Crippen LogP contribution in [0.1, 0.15) is 24.0 Å². The summed E-state index contributed by atoms with van der Waals surface area (Å²) in [6.45, 7) is 0. The van der Waals surface area contributed by atoms with Crippen LogP contribution in [0.15, 0.2) is 40.0 Å². The van der Waals surface area contributed by atoms with Crippen molar-refractivity contribution in [2.45, 2.75) is 12.5 Å². The van der Waals surface area contributed by atoms with Crippen molar-refractivity contribution >= 4 is 11.7 Å². The molecule has 0 aliphatic carbocycles. The molecule has 0 bridgehead atoms. The minimum absolute atomic E-state index is 0.0779. The van der Waals surface area contributed by atoms with E-state index in [0.717, 1.165) is 5.56 Å². The maximum atomic E-state index is 5.42. The molecule has 2 aromatic rings. The normalized spacial score (nSPS) is 18.0. The Morgan fingerprint density at radius 2 is 2.00 bits per heavy atom. The van der Waals surface area contributed by atoms with Crippen molar-refractivity contribution in [2.75, 3.05) is 19.0 Å². The number of hydrogen-bond donors (Lipinski definition) is 0. The molecule has 0 spiro atoms. The number of benzene rings is 1. The number of oxime groups is 1. The van der Waals surface area contributed by atoms with E-state index in [0.29, 0.717) is 24.0 Å². The Balaban J connectivity index is 1.74. The summed E-state index contributed by atoms with van der Waals surface area (Å²) in [5.74, 6) is 0.947. The molecule has 1 aromatic heterocycles. The van der Waals surface area contributed by atoms with Crippen molar-refractivity contribution in [2.24, 2.45) is 5.16 Å². The molecule has 0 saturated carbocycles. The van der Waals surface area contributed by atoms with E-state index in [1.807, 2.05) is 44.4 Å². The molecule has 0 unspecified atom stereocenters. The van der Waals surface area contributed by atoms with Crippen LogP contribution in [0.25, 0.3) is 0 Å². The molecule has 0 radical (unpaired) electrons. The Morgan fingerprint density at radius 1 is 1.21 bits per heavy atom. The molecule has 0 amide bonds. The Hall–Kier alpha value is -2.37. The van der Waals surface area contributed by atoms with E-state index in [9.17, 15) is 0 Å². The van der Waals surface area contributed by atoms with Gasteiger partial charge in [-0.1, -0.05) is 35.5 Å². The average Bonchev–Trinajstić information content (AvgIpc) is 3.09. The Bertz CT molecular complexity index is 592. The lowest BCUT2D eigenvalue weighted by Gasteiger charge is -2.06. The fraction of sp³-hybridized carbons (Fsp3) is 0.308. The molecule has 1 aliphatic rings. The zero-order chi connectivity index (χ0) is 13.2. The van der Waals surface area contributed by atoms with Crippen molar-refractivity contribution in [1.29, 1.82) is 0 Å². The van der Waals surface area contributed by atoms with Gasteiger partial charge in [0.1, 0.15) is 5.71 Å². The lowest BCUT2D eigenvalue weighted by molar-refractivity contribution is 0.0857. The molecular formula is C13H14N4O2. The van der Waals surface area contributed by atoms with Gasteiger partial charge in [-0.05, 0) is 10.7 Å². The van der Waals surface area contributed by atoms with Gasteiger partial charge in [-0.2, -0.15) is 4.98 Å². The van der Waals surface area contributed by atoms with Crippen LogP contribution in [0.5, 0.6) is 0 Å². The third-order valence-corrected chi connectivity index (χ3v) is 2.90. The van der Waals surface area contributed by atoms with Crippen molar-refractivity contribution in [1.82, 2.24) is 10.1 Å². The van der Waals surface area contributed by atoms with Crippen LogP contribution in [0.2, 0.25) is 0 Å². The first kappa shape index (κ1) is 11.7. The highest BCUT2D eigenvalue weighted by Gasteiger charge is 2.27. The third-order valence-electron chi connectivity index (χ3n) is 2.90. The Morgan fingerprint density at radius 3 is 2.68 bits per heavy atom. The highest BCUT2D eigenvalue weighted by Crippen LogP contribution is 2.29. The van der Waals surface area contributed by atoms with E-state index in [1.165, 1.54) is 0 Å². The SMILES string of the molecule is CN(C)c1noc(C2=NO[C@@H](c3ccccc3)C2)n1. The second kappa shape index (κ2) is 4.72. The molecule has 1 aliphatic heterocycles. The van der Waals surface area contributed by atoms with E-state index in [2.05, 4.69) is 15.3 Å². The van der Waals surface area contributed by atoms with Gasteiger partial charge < -0.3 is 14.3 Å². The Labute approximate surface area is 110 Å². The molecule has 98 valence electrons. The van der Waals surface area contributed by atoms with Crippen molar-refractivity contribution < 1.29 is 9.36 Å². The minimum atomic E-state index is -0.0779. The molecule has 3 rings (SSSR count). The first-order valence-electron chi connectivity index (χ1n) is 6.03. The monoisotopic (exact) mass is 258 g/mol. The molecule has 0 N–H and O–H groups in total. The van der Waals surface area contributed by atoms with Gasteiger partial charge in [0.05, 0.1) is 0 Å². The molecule has 1 aromatic carbocycles. The maximum Gasteiger partial charge on any atom is 0.277 e. The lowest BCUT2D eigenvalue weighted by Crippen LogP contribution is -2.10. The first-order chi connectivity index (χ1) is 9.24. The second-order valence-corrected chi connectivity index (χ2v) is 4.54. The molecule has 19 heavy (non-hydrogen) atoms. The van der Waals surface area contributed by atoms with Gasteiger partial charge in [0.25, 0.3) is 11.8 Å². The fourth-order valence-electron chi connectivity index (χ4n) is 1.86. The lowest BCUT2D eigenvalue weighted by atomic mass is 10.0. The molecule has 0 fully saturated rings. The Kier molecular flexibility index (Phi) is 2.91. The predicted octanol–water partition coefficient (Wildman–Crippen LogP) is 2.00. The summed E-state index contributed by atoms with van der Waals surface area (Å²) in [6.07, 6.45) is 0.560. The average molecular weight is 258 g/mol. The van der Waals surface area contributed by atoms with E-state index in [-0.39, 0.29) is 6.10 Å². The predicted molar refractivity (Wildman–Crippen MR) is 70.0 cm³/mol. The highest BCUT2D eigenvalue weighted by molar-refractivity contribution is 5.97. The van der Waals surface area contributed by atoms with Gasteiger partial charge in [-0.25, -0.2) is 0 Å². The molecule has 0 saturated heterocycles. The molecular weight excluding hydrogens is 244 g/mol. The molecule has 6 nitrogen and oxygen atoms in total. The van der Waals surface area contributed by atoms with Gasteiger partial charge in [0, 0.05) is 20.5 Å². The summed E-state index contributed by atoms with van der Waals surface area (Å²) in [5.41, 5.74) is 1.78. The number of hydrogen-bond acceptors (Lipinski definition) is 6. The fourth-order valence-corrected chi connectivity index (χ4v) is 1.86.